The van der Waals surface area contributed by atoms with Crippen molar-refractivity contribution in [3.05, 3.63) is 29.8 Å². The smallest absolute Gasteiger partial charge is 0.416 e. The Labute approximate surface area is 198 Å². The van der Waals surface area contributed by atoms with Crippen molar-refractivity contribution in [3.63, 3.8) is 0 Å². The van der Waals surface area contributed by atoms with Gasteiger partial charge in [0, 0.05) is 31.2 Å². The standard InChI is InChI=1S/C21H31F3N4O2.HI/c1-3-25-20(27-16-9-14(2)28(12-16)17-7-8-17)26-11-18(29)13-30-19-6-4-5-15(10-19)21(22,23)24;/h4-6,10,14,16-18,29H,3,7-9,11-13H2,1-2H3,(H2,25,26,27);1H. The van der Waals surface area contributed by atoms with Crippen LogP contribution in [0, 0.1) is 0 Å². The van der Waals surface area contributed by atoms with Gasteiger partial charge in [-0.3, -0.25) is 9.89 Å². The van der Waals surface area contributed by atoms with Crippen LogP contribution in [0.1, 0.15) is 38.7 Å². The molecule has 0 bridgehead atoms. The van der Waals surface area contributed by atoms with Gasteiger partial charge in [0.05, 0.1) is 12.1 Å². The number of halogens is 4. The van der Waals surface area contributed by atoms with Gasteiger partial charge < -0.3 is 20.5 Å². The average molecular weight is 556 g/mol. The quantitative estimate of drug-likeness (QED) is 0.261. The lowest BCUT2D eigenvalue weighted by Crippen LogP contribution is -2.45. The van der Waals surface area contributed by atoms with E-state index in [0.29, 0.717) is 24.6 Å². The minimum atomic E-state index is -4.43. The second kappa shape index (κ2) is 11.6. The zero-order valence-electron chi connectivity index (χ0n) is 17.9. The molecule has 3 atom stereocenters. The van der Waals surface area contributed by atoms with Crippen molar-refractivity contribution >= 4 is 29.9 Å². The molecule has 0 spiro atoms. The summed E-state index contributed by atoms with van der Waals surface area (Å²) in [5, 5.41) is 16.8. The molecule has 10 heteroatoms. The molecule has 1 saturated carbocycles. The van der Waals surface area contributed by atoms with E-state index < -0.39 is 17.8 Å². The van der Waals surface area contributed by atoms with Crippen LogP contribution in [0.3, 0.4) is 0 Å². The highest BCUT2D eigenvalue weighted by Crippen LogP contribution is 2.33. The van der Waals surface area contributed by atoms with E-state index in [1.54, 1.807) is 0 Å². The fourth-order valence-electron chi connectivity index (χ4n) is 3.79. The van der Waals surface area contributed by atoms with Crippen molar-refractivity contribution < 1.29 is 23.0 Å². The minimum Gasteiger partial charge on any atom is -0.491 e. The third-order valence-electron chi connectivity index (χ3n) is 5.39. The summed E-state index contributed by atoms with van der Waals surface area (Å²) < 4.78 is 43.6. The Kier molecular flexibility index (Phi) is 9.68. The fraction of sp³-hybridized carbons (Fsp3) is 0.667. The molecule has 3 N–H and O–H groups in total. The number of rotatable bonds is 8. The summed E-state index contributed by atoms with van der Waals surface area (Å²) in [6.07, 6.45) is -1.75. The van der Waals surface area contributed by atoms with Gasteiger partial charge in [-0.15, -0.1) is 24.0 Å². The zero-order valence-corrected chi connectivity index (χ0v) is 20.2. The molecule has 1 heterocycles. The number of ether oxygens (including phenoxy) is 1. The number of aliphatic hydroxyl groups is 1. The molecule has 1 saturated heterocycles. The van der Waals surface area contributed by atoms with Gasteiger partial charge in [0.15, 0.2) is 5.96 Å². The minimum absolute atomic E-state index is 0. The van der Waals surface area contributed by atoms with E-state index in [4.69, 9.17) is 4.74 Å². The molecule has 31 heavy (non-hydrogen) atoms. The van der Waals surface area contributed by atoms with Gasteiger partial charge in [-0.2, -0.15) is 13.2 Å². The van der Waals surface area contributed by atoms with E-state index in [-0.39, 0.29) is 42.9 Å². The van der Waals surface area contributed by atoms with Gasteiger partial charge in [0.1, 0.15) is 18.5 Å². The van der Waals surface area contributed by atoms with Gasteiger partial charge in [-0.1, -0.05) is 6.07 Å². The van der Waals surface area contributed by atoms with Crippen molar-refractivity contribution in [2.24, 2.45) is 4.99 Å². The fourth-order valence-corrected chi connectivity index (χ4v) is 3.79. The summed E-state index contributed by atoms with van der Waals surface area (Å²) in [4.78, 5) is 6.96. The number of likely N-dealkylation sites (tertiary alicyclic amines) is 1. The molecule has 1 aromatic rings. The number of hydrogen-bond donors (Lipinski definition) is 3. The van der Waals surface area contributed by atoms with Crippen molar-refractivity contribution in [1.29, 1.82) is 0 Å². The third-order valence-corrected chi connectivity index (χ3v) is 5.39. The summed E-state index contributed by atoms with van der Waals surface area (Å²) in [5.74, 6) is 0.698. The molecule has 1 aromatic carbocycles. The Morgan fingerprint density at radius 3 is 2.74 bits per heavy atom. The van der Waals surface area contributed by atoms with Crippen LogP contribution in [0.4, 0.5) is 13.2 Å². The molecular weight excluding hydrogens is 524 g/mol. The van der Waals surface area contributed by atoms with Crippen LogP contribution in [0.2, 0.25) is 0 Å². The van der Waals surface area contributed by atoms with Crippen LogP contribution < -0.4 is 15.4 Å². The number of alkyl halides is 3. The molecule has 3 unspecified atom stereocenters. The predicted octanol–water partition coefficient (Wildman–Crippen LogP) is 3.24. The number of guanidine groups is 1. The summed E-state index contributed by atoms with van der Waals surface area (Å²) in [6.45, 7) is 5.84. The monoisotopic (exact) mass is 556 g/mol. The topological polar surface area (TPSA) is 69.1 Å². The zero-order chi connectivity index (χ0) is 21.7. The number of hydrogen-bond acceptors (Lipinski definition) is 4. The molecule has 0 radical (unpaired) electrons. The largest absolute Gasteiger partial charge is 0.491 e. The van der Waals surface area contributed by atoms with Crippen LogP contribution in [-0.4, -0.2) is 66.4 Å². The van der Waals surface area contributed by atoms with Crippen LogP contribution in [0.5, 0.6) is 5.75 Å². The first kappa shape index (κ1) is 26.0. The van der Waals surface area contributed by atoms with Crippen molar-refractivity contribution in [2.75, 3.05) is 26.2 Å². The first-order valence-electron chi connectivity index (χ1n) is 10.5. The first-order chi connectivity index (χ1) is 14.3. The number of aliphatic imine (C=N–C) groups is 1. The second-order valence-corrected chi connectivity index (χ2v) is 8.06. The number of aliphatic hydroxyl groups excluding tert-OH is 1. The molecule has 2 aliphatic rings. The molecule has 6 nitrogen and oxygen atoms in total. The number of benzene rings is 1. The van der Waals surface area contributed by atoms with E-state index in [1.165, 1.54) is 25.0 Å². The lowest BCUT2D eigenvalue weighted by atomic mass is 10.2. The highest BCUT2D eigenvalue weighted by Gasteiger charge is 2.39. The lowest BCUT2D eigenvalue weighted by Gasteiger charge is -2.20. The van der Waals surface area contributed by atoms with Crippen LogP contribution in [0.15, 0.2) is 29.3 Å². The van der Waals surface area contributed by atoms with Crippen molar-refractivity contribution in [2.45, 2.75) is 63.5 Å². The van der Waals surface area contributed by atoms with E-state index in [2.05, 4.69) is 27.4 Å². The summed E-state index contributed by atoms with van der Waals surface area (Å²) in [5.41, 5.74) is -0.780. The lowest BCUT2D eigenvalue weighted by molar-refractivity contribution is -0.137. The molecule has 1 aliphatic heterocycles. The molecule has 0 aromatic heterocycles. The highest BCUT2D eigenvalue weighted by atomic mass is 127. The maximum atomic E-state index is 12.8. The average Bonchev–Trinajstić information content (AvgIpc) is 3.47. The maximum Gasteiger partial charge on any atom is 0.416 e. The van der Waals surface area contributed by atoms with Crippen molar-refractivity contribution in [3.8, 4) is 5.75 Å². The Bertz CT molecular complexity index is 731. The van der Waals surface area contributed by atoms with Crippen LogP contribution >= 0.6 is 24.0 Å². The second-order valence-electron chi connectivity index (χ2n) is 8.06. The van der Waals surface area contributed by atoms with Crippen molar-refractivity contribution in [1.82, 2.24) is 15.5 Å². The Morgan fingerprint density at radius 1 is 1.35 bits per heavy atom. The molecule has 2 fully saturated rings. The molecular formula is C21H32F3IN4O2. The Hall–Kier alpha value is -1.27. The molecule has 1 aliphatic carbocycles. The van der Waals surface area contributed by atoms with E-state index in [9.17, 15) is 18.3 Å². The van der Waals surface area contributed by atoms with E-state index >= 15 is 0 Å². The first-order valence-corrected chi connectivity index (χ1v) is 10.5. The summed E-state index contributed by atoms with van der Waals surface area (Å²) >= 11 is 0. The SMILES string of the molecule is CCNC(=NCC(O)COc1cccc(C(F)(F)F)c1)NC1CC(C)N(C2CC2)C1.I. The normalized spacial score (nSPS) is 23.2. The van der Waals surface area contributed by atoms with E-state index in [0.717, 1.165) is 31.1 Å². The number of nitrogens with one attached hydrogen (secondary N) is 2. The highest BCUT2D eigenvalue weighted by molar-refractivity contribution is 14.0. The van der Waals surface area contributed by atoms with Gasteiger partial charge in [0.25, 0.3) is 0 Å². The molecule has 3 rings (SSSR count). The predicted molar refractivity (Wildman–Crippen MR) is 125 cm³/mol. The van der Waals surface area contributed by atoms with Gasteiger partial charge in [0.2, 0.25) is 0 Å². The molecule has 0 amide bonds. The number of nitrogens with zero attached hydrogens (tertiary/aromatic N) is 2. The third kappa shape index (κ3) is 7.98. The van der Waals surface area contributed by atoms with Gasteiger partial charge in [-0.05, 0) is 51.3 Å². The van der Waals surface area contributed by atoms with Crippen LogP contribution in [-0.2, 0) is 6.18 Å². The summed E-state index contributed by atoms with van der Waals surface area (Å²) in [7, 11) is 0. The molecule has 176 valence electrons. The summed E-state index contributed by atoms with van der Waals surface area (Å²) in [6, 6.07) is 6.19. The Morgan fingerprint density at radius 2 is 2.10 bits per heavy atom. The van der Waals surface area contributed by atoms with Gasteiger partial charge >= 0.3 is 6.18 Å². The van der Waals surface area contributed by atoms with Crippen LogP contribution in [0.25, 0.3) is 0 Å². The Balaban J connectivity index is 0.00000341. The van der Waals surface area contributed by atoms with Gasteiger partial charge in [-0.25, -0.2) is 0 Å². The van der Waals surface area contributed by atoms with E-state index in [1.807, 2.05) is 6.92 Å². The maximum absolute atomic E-state index is 12.8.